The number of hydrogen-bond donors (Lipinski definition) is 1. The molecule has 1 heterocycles. The van der Waals surface area contributed by atoms with E-state index in [0.29, 0.717) is 6.04 Å². The van der Waals surface area contributed by atoms with E-state index in [-0.39, 0.29) is 0 Å². The minimum Gasteiger partial charge on any atom is -0.383 e. The normalized spacial score (nSPS) is 13.1. The van der Waals surface area contributed by atoms with E-state index in [9.17, 15) is 0 Å². The molecule has 0 fully saturated rings. The largest absolute Gasteiger partial charge is 0.383 e. The van der Waals surface area contributed by atoms with E-state index in [1.165, 1.54) is 11.3 Å². The molecule has 0 aliphatic heterocycles. The first-order valence-electron chi connectivity index (χ1n) is 5.27. The third-order valence-electron chi connectivity index (χ3n) is 2.70. The maximum Gasteiger partial charge on any atom is 0.0641 e. The van der Waals surface area contributed by atoms with E-state index in [4.69, 9.17) is 4.74 Å². The van der Waals surface area contributed by atoms with Crippen LogP contribution in [0.25, 0.3) is 0 Å². The van der Waals surface area contributed by atoms with Gasteiger partial charge in [0.2, 0.25) is 0 Å². The van der Waals surface area contributed by atoms with Gasteiger partial charge in [-0.1, -0.05) is 0 Å². The van der Waals surface area contributed by atoms with Crippen molar-refractivity contribution < 1.29 is 4.74 Å². The standard InChI is InChI=1S/C11H21N3O/c1-8(7-15-5)12-6-11-9(2)13-14(4)10(11)3/h8,12H,6-7H2,1-5H3/t8-/m1/s1. The highest BCUT2D eigenvalue weighted by molar-refractivity contribution is 5.24. The van der Waals surface area contributed by atoms with Crippen LogP contribution in [0.2, 0.25) is 0 Å². The first kappa shape index (κ1) is 12.2. The summed E-state index contributed by atoms with van der Waals surface area (Å²) in [6, 6.07) is 0.369. The van der Waals surface area contributed by atoms with E-state index in [2.05, 4.69) is 24.3 Å². The molecule has 0 unspecified atom stereocenters. The molecule has 1 N–H and O–H groups in total. The van der Waals surface area contributed by atoms with Gasteiger partial charge in [-0.25, -0.2) is 0 Å². The highest BCUT2D eigenvalue weighted by atomic mass is 16.5. The molecule has 15 heavy (non-hydrogen) atoms. The lowest BCUT2D eigenvalue weighted by Gasteiger charge is -2.12. The van der Waals surface area contributed by atoms with Crippen LogP contribution in [0.4, 0.5) is 0 Å². The highest BCUT2D eigenvalue weighted by Gasteiger charge is 2.09. The van der Waals surface area contributed by atoms with Gasteiger partial charge in [0.25, 0.3) is 0 Å². The molecule has 0 amide bonds. The Labute approximate surface area is 91.6 Å². The van der Waals surface area contributed by atoms with Crippen LogP contribution in [0.15, 0.2) is 0 Å². The van der Waals surface area contributed by atoms with E-state index in [1.807, 2.05) is 18.7 Å². The molecule has 0 bridgehead atoms. The van der Waals surface area contributed by atoms with Crippen molar-refractivity contribution in [2.45, 2.75) is 33.4 Å². The van der Waals surface area contributed by atoms with Gasteiger partial charge in [0, 0.05) is 38.0 Å². The zero-order chi connectivity index (χ0) is 11.4. The maximum atomic E-state index is 5.07. The van der Waals surface area contributed by atoms with Gasteiger partial charge in [0.05, 0.1) is 12.3 Å². The molecule has 0 spiro atoms. The molecule has 0 saturated heterocycles. The molecule has 0 aliphatic rings. The molecule has 4 heteroatoms. The Morgan fingerprint density at radius 1 is 1.47 bits per heavy atom. The number of rotatable bonds is 5. The van der Waals surface area contributed by atoms with Crippen LogP contribution in [-0.2, 0) is 18.3 Å². The molecule has 1 rings (SSSR count). The van der Waals surface area contributed by atoms with Gasteiger partial charge in [-0.3, -0.25) is 4.68 Å². The van der Waals surface area contributed by atoms with Gasteiger partial charge >= 0.3 is 0 Å². The molecular weight excluding hydrogens is 190 g/mol. The van der Waals surface area contributed by atoms with Crippen molar-refractivity contribution in [1.29, 1.82) is 0 Å². The fraction of sp³-hybridized carbons (Fsp3) is 0.727. The fourth-order valence-corrected chi connectivity index (χ4v) is 1.66. The van der Waals surface area contributed by atoms with E-state index in [0.717, 1.165) is 18.8 Å². The van der Waals surface area contributed by atoms with Crippen LogP contribution in [0.1, 0.15) is 23.9 Å². The van der Waals surface area contributed by atoms with Crippen LogP contribution in [0.3, 0.4) is 0 Å². The Morgan fingerprint density at radius 2 is 2.13 bits per heavy atom. The first-order chi connectivity index (χ1) is 7.06. The van der Waals surface area contributed by atoms with Crippen LogP contribution in [-0.4, -0.2) is 29.5 Å². The summed E-state index contributed by atoms with van der Waals surface area (Å²) in [5, 5.41) is 7.80. The first-order valence-corrected chi connectivity index (χ1v) is 5.27. The van der Waals surface area contributed by atoms with Crippen LogP contribution in [0, 0.1) is 13.8 Å². The Morgan fingerprint density at radius 3 is 2.60 bits per heavy atom. The lowest BCUT2D eigenvalue weighted by Crippen LogP contribution is -2.29. The second-order valence-corrected chi connectivity index (χ2v) is 4.01. The second kappa shape index (κ2) is 5.28. The van der Waals surface area contributed by atoms with E-state index >= 15 is 0 Å². The predicted molar refractivity (Wildman–Crippen MR) is 60.9 cm³/mol. The molecule has 0 radical (unpaired) electrons. The Hall–Kier alpha value is -0.870. The summed E-state index contributed by atoms with van der Waals surface area (Å²) in [6.45, 7) is 7.85. The number of nitrogens with zero attached hydrogens (tertiary/aromatic N) is 2. The van der Waals surface area contributed by atoms with E-state index < -0.39 is 0 Å². The number of ether oxygens (including phenoxy) is 1. The summed E-state index contributed by atoms with van der Waals surface area (Å²) in [6.07, 6.45) is 0. The van der Waals surface area contributed by atoms with Crippen LogP contribution >= 0.6 is 0 Å². The molecule has 0 saturated carbocycles. The maximum absolute atomic E-state index is 5.07. The summed E-state index contributed by atoms with van der Waals surface area (Å²) in [5.41, 5.74) is 3.62. The monoisotopic (exact) mass is 211 g/mol. The Kier molecular flexibility index (Phi) is 4.29. The second-order valence-electron chi connectivity index (χ2n) is 4.01. The van der Waals surface area contributed by atoms with Crippen molar-refractivity contribution in [3.8, 4) is 0 Å². The average Bonchev–Trinajstić information content (AvgIpc) is 2.40. The number of aryl methyl sites for hydroxylation is 2. The number of hydrogen-bond acceptors (Lipinski definition) is 3. The third kappa shape index (κ3) is 3.04. The lowest BCUT2D eigenvalue weighted by molar-refractivity contribution is 0.171. The number of aromatic nitrogens is 2. The van der Waals surface area contributed by atoms with Crippen LogP contribution in [0.5, 0.6) is 0 Å². The molecule has 0 aromatic carbocycles. The predicted octanol–water partition coefficient (Wildman–Crippen LogP) is 1.16. The SMILES string of the molecule is COC[C@@H](C)NCc1c(C)nn(C)c1C. The molecular formula is C11H21N3O. The van der Waals surface area contributed by atoms with Gasteiger partial charge in [0.1, 0.15) is 0 Å². The zero-order valence-corrected chi connectivity index (χ0v) is 10.3. The summed E-state index contributed by atoms with van der Waals surface area (Å²) in [4.78, 5) is 0. The summed E-state index contributed by atoms with van der Waals surface area (Å²) in [5.74, 6) is 0. The lowest BCUT2D eigenvalue weighted by atomic mass is 10.2. The highest BCUT2D eigenvalue weighted by Crippen LogP contribution is 2.11. The van der Waals surface area contributed by atoms with Crippen molar-refractivity contribution in [2.75, 3.05) is 13.7 Å². The minimum absolute atomic E-state index is 0.369. The summed E-state index contributed by atoms with van der Waals surface area (Å²) < 4.78 is 7.00. The van der Waals surface area contributed by atoms with Gasteiger partial charge in [-0.2, -0.15) is 5.10 Å². The molecule has 1 atom stereocenters. The number of nitrogens with one attached hydrogen (secondary N) is 1. The smallest absolute Gasteiger partial charge is 0.0641 e. The number of methoxy groups -OCH3 is 1. The van der Waals surface area contributed by atoms with Gasteiger partial charge < -0.3 is 10.1 Å². The zero-order valence-electron chi connectivity index (χ0n) is 10.3. The Balaban J connectivity index is 2.57. The van der Waals surface area contributed by atoms with Crippen molar-refractivity contribution in [1.82, 2.24) is 15.1 Å². The van der Waals surface area contributed by atoms with E-state index in [1.54, 1.807) is 7.11 Å². The Bertz CT molecular complexity index is 320. The quantitative estimate of drug-likeness (QED) is 0.794. The fourth-order valence-electron chi connectivity index (χ4n) is 1.66. The van der Waals surface area contributed by atoms with Crippen molar-refractivity contribution in [3.05, 3.63) is 17.0 Å². The molecule has 1 aromatic heterocycles. The van der Waals surface area contributed by atoms with Gasteiger partial charge in [0.15, 0.2) is 0 Å². The average molecular weight is 211 g/mol. The van der Waals surface area contributed by atoms with Crippen LogP contribution < -0.4 is 5.32 Å². The van der Waals surface area contributed by atoms with Gasteiger partial charge in [-0.05, 0) is 20.8 Å². The molecule has 1 aromatic rings. The molecule has 0 aliphatic carbocycles. The van der Waals surface area contributed by atoms with Gasteiger partial charge in [-0.15, -0.1) is 0 Å². The molecule has 4 nitrogen and oxygen atoms in total. The minimum atomic E-state index is 0.369. The topological polar surface area (TPSA) is 39.1 Å². The van der Waals surface area contributed by atoms with Crippen molar-refractivity contribution in [3.63, 3.8) is 0 Å². The summed E-state index contributed by atoms with van der Waals surface area (Å²) in [7, 11) is 3.70. The van der Waals surface area contributed by atoms with Crippen molar-refractivity contribution in [2.24, 2.45) is 7.05 Å². The molecule has 86 valence electrons. The summed E-state index contributed by atoms with van der Waals surface area (Å²) >= 11 is 0. The third-order valence-corrected chi connectivity index (χ3v) is 2.70. The van der Waals surface area contributed by atoms with Crippen molar-refractivity contribution >= 4 is 0 Å².